The Morgan fingerprint density at radius 1 is 1.38 bits per heavy atom. The molecule has 0 fully saturated rings. The van der Waals surface area contributed by atoms with Gasteiger partial charge in [-0.25, -0.2) is 0 Å². The number of para-hydroxylation sites is 1. The van der Waals surface area contributed by atoms with E-state index >= 15 is 0 Å². The number of carbonyl (C=O) groups excluding carboxylic acids is 2. The van der Waals surface area contributed by atoms with Crippen molar-refractivity contribution in [2.75, 3.05) is 6.61 Å². The maximum absolute atomic E-state index is 11.8. The number of hydrogen-bond acceptors (Lipinski definition) is 4. The summed E-state index contributed by atoms with van der Waals surface area (Å²) < 4.78 is 11.6. The van der Waals surface area contributed by atoms with E-state index in [4.69, 9.17) is 9.31 Å². The first-order valence-electron chi connectivity index (χ1n) is 7.49. The Balaban J connectivity index is 2.30. The predicted octanol–water partition coefficient (Wildman–Crippen LogP) is 3.09. The summed E-state index contributed by atoms with van der Waals surface area (Å²) in [4.78, 5) is 23.5. The molecule has 1 heterocycles. The molecule has 2 rings (SSSR count). The topological polar surface area (TPSA) is 52.6 Å². The molecule has 21 heavy (non-hydrogen) atoms. The fourth-order valence-corrected chi connectivity index (χ4v) is 2.69. The van der Waals surface area contributed by atoms with Crippen LogP contribution in [0.4, 0.5) is 0 Å². The first-order valence-corrected chi connectivity index (χ1v) is 7.49. The van der Waals surface area contributed by atoms with E-state index in [2.05, 4.69) is 0 Å². The Morgan fingerprint density at radius 2 is 2.14 bits per heavy atom. The quantitative estimate of drug-likeness (QED) is 0.596. The second-order valence-electron chi connectivity index (χ2n) is 5.35. The molecule has 1 aliphatic rings. The van der Waals surface area contributed by atoms with Gasteiger partial charge in [-0.1, -0.05) is 19.1 Å². The van der Waals surface area contributed by atoms with Crippen LogP contribution in [0.2, 0.25) is 5.82 Å². The fourth-order valence-electron chi connectivity index (χ4n) is 2.69. The monoisotopic (exact) mass is 288 g/mol. The maximum atomic E-state index is 11.8. The highest BCUT2D eigenvalue weighted by Crippen LogP contribution is 2.37. The van der Waals surface area contributed by atoms with E-state index in [-0.39, 0.29) is 17.4 Å². The zero-order chi connectivity index (χ0) is 15.4. The summed E-state index contributed by atoms with van der Waals surface area (Å²) in [5.74, 6) is 0.806. The van der Waals surface area contributed by atoms with Crippen molar-refractivity contribution in [3.05, 3.63) is 29.3 Å². The van der Waals surface area contributed by atoms with Gasteiger partial charge in [0.05, 0.1) is 5.56 Å². The molecule has 1 atom stereocenters. The van der Waals surface area contributed by atoms with E-state index in [0.717, 1.165) is 5.56 Å². The molecule has 1 unspecified atom stereocenters. The summed E-state index contributed by atoms with van der Waals surface area (Å²) in [5.41, 5.74) is 1.56. The molecule has 0 bridgehead atoms. The molecule has 1 aliphatic heterocycles. The fraction of sp³-hybridized carbons (Fsp3) is 0.500. The Kier molecular flexibility index (Phi) is 5.18. The van der Waals surface area contributed by atoms with Crippen LogP contribution in [0, 0.1) is 0 Å². The summed E-state index contributed by atoms with van der Waals surface area (Å²) in [6.45, 7) is 5.80. The SMILES string of the molecule is CCOB1Oc2c(cccc2C(C)=O)CC1CC(=O)CC. The van der Waals surface area contributed by atoms with Crippen LogP contribution in [0.3, 0.4) is 0 Å². The molecule has 0 spiro atoms. The summed E-state index contributed by atoms with van der Waals surface area (Å²) in [6.07, 6.45) is 1.67. The normalized spacial score (nSPS) is 17.1. The molecule has 0 amide bonds. The van der Waals surface area contributed by atoms with Crippen molar-refractivity contribution < 1.29 is 18.9 Å². The first kappa shape index (κ1) is 15.8. The van der Waals surface area contributed by atoms with Crippen molar-refractivity contribution in [1.82, 2.24) is 0 Å². The van der Waals surface area contributed by atoms with Crippen molar-refractivity contribution in [2.45, 2.75) is 45.9 Å². The largest absolute Gasteiger partial charge is 0.535 e. The van der Waals surface area contributed by atoms with Crippen molar-refractivity contribution in [1.29, 1.82) is 0 Å². The lowest BCUT2D eigenvalue weighted by atomic mass is 9.63. The molecular weight excluding hydrogens is 267 g/mol. The van der Waals surface area contributed by atoms with Crippen molar-refractivity contribution in [2.24, 2.45) is 0 Å². The minimum atomic E-state index is -0.460. The Hall–Kier alpha value is -1.62. The molecule has 0 aromatic heterocycles. The Labute approximate surface area is 126 Å². The van der Waals surface area contributed by atoms with E-state index in [1.807, 2.05) is 26.0 Å². The zero-order valence-electron chi connectivity index (χ0n) is 12.8. The highest BCUT2D eigenvalue weighted by atomic mass is 16.6. The predicted molar refractivity (Wildman–Crippen MR) is 81.8 cm³/mol. The van der Waals surface area contributed by atoms with Crippen LogP contribution >= 0.6 is 0 Å². The lowest BCUT2D eigenvalue weighted by Crippen LogP contribution is -2.38. The van der Waals surface area contributed by atoms with E-state index in [1.165, 1.54) is 6.92 Å². The number of Topliss-reactive ketones (excluding diaryl/α,β-unsaturated/α-hetero) is 2. The molecule has 0 radical (unpaired) electrons. The van der Waals surface area contributed by atoms with E-state index in [1.54, 1.807) is 6.07 Å². The molecule has 0 aliphatic carbocycles. The lowest BCUT2D eigenvalue weighted by molar-refractivity contribution is -0.119. The standard InChI is InChI=1S/C16H21BO4/c1-4-14(19)10-13-9-12-7-6-8-15(11(3)18)16(12)21-17(13)20-5-2/h6-8,13H,4-5,9-10H2,1-3H3. The molecule has 1 aromatic carbocycles. The molecule has 1 aromatic rings. The van der Waals surface area contributed by atoms with Gasteiger partial charge in [0.15, 0.2) is 5.78 Å². The van der Waals surface area contributed by atoms with Crippen LogP contribution in [0.5, 0.6) is 5.75 Å². The lowest BCUT2D eigenvalue weighted by Gasteiger charge is -2.30. The summed E-state index contributed by atoms with van der Waals surface area (Å²) >= 11 is 0. The second-order valence-corrected chi connectivity index (χ2v) is 5.35. The van der Waals surface area contributed by atoms with Gasteiger partial charge in [0.25, 0.3) is 0 Å². The number of fused-ring (bicyclic) bond motifs is 1. The second kappa shape index (κ2) is 6.90. The minimum Gasteiger partial charge on any atom is -0.535 e. The van der Waals surface area contributed by atoms with E-state index < -0.39 is 7.12 Å². The smallest absolute Gasteiger partial charge is 0.529 e. The average molecular weight is 288 g/mol. The first-order chi connectivity index (χ1) is 10.1. The minimum absolute atomic E-state index is 0.00658. The third-order valence-corrected chi connectivity index (χ3v) is 3.79. The van der Waals surface area contributed by atoms with Gasteiger partial charge in [-0.05, 0) is 31.9 Å². The van der Waals surface area contributed by atoms with Crippen LogP contribution in [0.1, 0.15) is 49.5 Å². The summed E-state index contributed by atoms with van der Waals surface area (Å²) in [5, 5.41) is 0. The number of hydrogen-bond donors (Lipinski definition) is 0. The van der Waals surface area contributed by atoms with Gasteiger partial charge >= 0.3 is 7.12 Å². The van der Waals surface area contributed by atoms with Gasteiger partial charge in [0.1, 0.15) is 11.5 Å². The van der Waals surface area contributed by atoms with Crippen molar-refractivity contribution in [3.63, 3.8) is 0 Å². The van der Waals surface area contributed by atoms with Gasteiger partial charge in [-0.2, -0.15) is 0 Å². The van der Waals surface area contributed by atoms with Crippen LogP contribution < -0.4 is 4.65 Å². The van der Waals surface area contributed by atoms with Gasteiger partial charge < -0.3 is 9.31 Å². The Morgan fingerprint density at radius 3 is 2.76 bits per heavy atom. The number of benzene rings is 1. The molecule has 0 saturated heterocycles. The molecule has 0 saturated carbocycles. The molecule has 112 valence electrons. The van der Waals surface area contributed by atoms with Crippen LogP contribution in [0.25, 0.3) is 0 Å². The highest BCUT2D eigenvalue weighted by molar-refractivity contribution is 6.48. The van der Waals surface area contributed by atoms with Gasteiger partial charge in [0.2, 0.25) is 0 Å². The third kappa shape index (κ3) is 3.53. The van der Waals surface area contributed by atoms with Gasteiger partial charge in [-0.3, -0.25) is 9.59 Å². The van der Waals surface area contributed by atoms with Crippen molar-refractivity contribution >= 4 is 18.7 Å². The number of rotatable bonds is 6. The number of ketones is 2. The highest BCUT2D eigenvalue weighted by Gasteiger charge is 2.39. The van der Waals surface area contributed by atoms with Crippen LogP contribution in [-0.2, 0) is 15.9 Å². The third-order valence-electron chi connectivity index (χ3n) is 3.79. The maximum Gasteiger partial charge on any atom is 0.529 e. The molecule has 5 heteroatoms. The summed E-state index contributed by atoms with van der Waals surface area (Å²) in [7, 11) is -0.460. The molecular formula is C16H21BO4. The average Bonchev–Trinajstić information content (AvgIpc) is 2.47. The van der Waals surface area contributed by atoms with E-state index in [0.29, 0.717) is 37.2 Å². The zero-order valence-corrected chi connectivity index (χ0v) is 12.8. The van der Waals surface area contributed by atoms with Crippen LogP contribution in [-0.4, -0.2) is 25.3 Å². The van der Waals surface area contributed by atoms with Crippen LogP contribution in [0.15, 0.2) is 18.2 Å². The van der Waals surface area contributed by atoms with Gasteiger partial charge in [0, 0.05) is 25.3 Å². The van der Waals surface area contributed by atoms with Gasteiger partial charge in [-0.15, -0.1) is 0 Å². The Bertz CT molecular complexity index is 541. The summed E-state index contributed by atoms with van der Waals surface area (Å²) in [6, 6.07) is 5.58. The molecule has 0 N–H and O–H groups in total. The van der Waals surface area contributed by atoms with Crippen molar-refractivity contribution in [3.8, 4) is 5.75 Å². The van der Waals surface area contributed by atoms with E-state index in [9.17, 15) is 9.59 Å². The number of carbonyl (C=O) groups is 2. The molecule has 4 nitrogen and oxygen atoms in total.